The van der Waals surface area contributed by atoms with Gasteiger partial charge in [-0.25, -0.2) is 0 Å². The second-order valence-corrected chi connectivity index (χ2v) is 3.36. The number of benzene rings is 1. The largest absolute Gasteiger partial charge is 0.384 e. The quantitative estimate of drug-likeness (QED) is 0.519. The van der Waals surface area contributed by atoms with Crippen LogP contribution in [-0.4, -0.2) is 17.9 Å². The van der Waals surface area contributed by atoms with E-state index in [1.54, 1.807) is 7.05 Å². The second-order valence-electron chi connectivity index (χ2n) is 3.36. The predicted octanol–water partition coefficient (Wildman–Crippen LogP) is 1.81. The number of amidine groups is 1. The molecule has 2 rings (SSSR count). The van der Waals surface area contributed by atoms with Crippen LogP contribution in [0.15, 0.2) is 29.3 Å². The highest BCUT2D eigenvalue weighted by atomic mass is 14.8. The Morgan fingerprint density at radius 3 is 2.86 bits per heavy atom. The van der Waals surface area contributed by atoms with E-state index in [-0.39, 0.29) is 0 Å². The van der Waals surface area contributed by atoms with Gasteiger partial charge in [0.1, 0.15) is 5.84 Å². The molecule has 0 fully saturated rings. The van der Waals surface area contributed by atoms with Crippen molar-refractivity contribution in [3.63, 3.8) is 0 Å². The maximum atomic E-state index is 5.73. The van der Waals surface area contributed by atoms with E-state index in [1.165, 1.54) is 5.39 Å². The topological polar surface area (TPSA) is 54.2 Å². The molecule has 0 aliphatic heterocycles. The minimum Gasteiger partial charge on any atom is -0.384 e. The first-order valence-electron chi connectivity index (χ1n) is 4.52. The van der Waals surface area contributed by atoms with Crippen molar-refractivity contribution in [3.05, 3.63) is 35.5 Å². The number of hydrogen-bond acceptors (Lipinski definition) is 1. The van der Waals surface area contributed by atoms with Crippen molar-refractivity contribution < 1.29 is 0 Å². The van der Waals surface area contributed by atoms with Gasteiger partial charge in [-0.3, -0.25) is 4.99 Å². The molecule has 0 bridgehead atoms. The Morgan fingerprint density at radius 2 is 2.14 bits per heavy atom. The zero-order chi connectivity index (χ0) is 10.1. The molecule has 72 valence electrons. The minimum absolute atomic E-state index is 0.575. The SMILES string of the molecule is CN=C(N)c1ccc2[nH]c(C)cc2c1. The van der Waals surface area contributed by atoms with Crippen LogP contribution in [0.1, 0.15) is 11.3 Å². The van der Waals surface area contributed by atoms with Crippen molar-refractivity contribution in [2.45, 2.75) is 6.92 Å². The van der Waals surface area contributed by atoms with Crippen molar-refractivity contribution in [1.29, 1.82) is 0 Å². The van der Waals surface area contributed by atoms with Gasteiger partial charge < -0.3 is 10.7 Å². The number of aliphatic imine (C=N–C) groups is 1. The van der Waals surface area contributed by atoms with Crippen LogP contribution in [0.25, 0.3) is 10.9 Å². The molecule has 0 amide bonds. The summed E-state index contributed by atoms with van der Waals surface area (Å²) in [6.45, 7) is 2.04. The number of nitrogens with two attached hydrogens (primary N) is 1. The van der Waals surface area contributed by atoms with Gasteiger partial charge in [-0.15, -0.1) is 0 Å². The molecule has 3 N–H and O–H groups in total. The Hall–Kier alpha value is -1.77. The lowest BCUT2D eigenvalue weighted by Gasteiger charge is -1.98. The number of fused-ring (bicyclic) bond motifs is 1. The minimum atomic E-state index is 0.575. The lowest BCUT2D eigenvalue weighted by atomic mass is 10.1. The number of hydrogen-bond donors (Lipinski definition) is 2. The molecule has 0 atom stereocenters. The molecule has 0 spiro atoms. The fourth-order valence-electron chi connectivity index (χ4n) is 1.57. The van der Waals surface area contributed by atoms with E-state index < -0.39 is 0 Å². The van der Waals surface area contributed by atoms with E-state index in [0.717, 1.165) is 16.8 Å². The molecule has 0 saturated carbocycles. The monoisotopic (exact) mass is 187 g/mol. The van der Waals surface area contributed by atoms with Crippen LogP contribution in [-0.2, 0) is 0 Å². The van der Waals surface area contributed by atoms with E-state index in [1.807, 2.05) is 25.1 Å². The molecule has 0 saturated heterocycles. The van der Waals surface area contributed by atoms with E-state index >= 15 is 0 Å². The third-order valence-electron chi connectivity index (χ3n) is 2.29. The molecule has 1 heterocycles. The van der Waals surface area contributed by atoms with E-state index in [4.69, 9.17) is 5.73 Å². The van der Waals surface area contributed by atoms with Gasteiger partial charge in [0.2, 0.25) is 0 Å². The smallest absolute Gasteiger partial charge is 0.125 e. The van der Waals surface area contributed by atoms with Gasteiger partial charge in [-0.1, -0.05) is 0 Å². The van der Waals surface area contributed by atoms with Gasteiger partial charge in [0, 0.05) is 29.2 Å². The molecule has 14 heavy (non-hydrogen) atoms. The van der Waals surface area contributed by atoms with Crippen LogP contribution in [0.2, 0.25) is 0 Å². The Bertz CT molecular complexity index is 494. The summed E-state index contributed by atoms with van der Waals surface area (Å²) in [6, 6.07) is 8.14. The molecule has 0 unspecified atom stereocenters. The third-order valence-corrected chi connectivity index (χ3v) is 2.29. The highest BCUT2D eigenvalue weighted by Crippen LogP contribution is 2.16. The molecule has 3 heteroatoms. The van der Waals surface area contributed by atoms with Gasteiger partial charge in [-0.2, -0.15) is 0 Å². The van der Waals surface area contributed by atoms with Crippen molar-refractivity contribution in [2.75, 3.05) is 7.05 Å². The fraction of sp³-hybridized carbons (Fsp3) is 0.182. The average Bonchev–Trinajstić information content (AvgIpc) is 2.55. The number of nitrogens with one attached hydrogen (secondary N) is 1. The second kappa shape index (κ2) is 3.18. The maximum Gasteiger partial charge on any atom is 0.125 e. The molecule has 1 aromatic heterocycles. The molecule has 0 aliphatic rings. The summed E-state index contributed by atoms with van der Waals surface area (Å²) < 4.78 is 0. The van der Waals surface area contributed by atoms with Gasteiger partial charge >= 0.3 is 0 Å². The lowest BCUT2D eigenvalue weighted by molar-refractivity contribution is 1.30. The normalized spacial score (nSPS) is 12.3. The molecular weight excluding hydrogens is 174 g/mol. The van der Waals surface area contributed by atoms with Crippen LogP contribution < -0.4 is 5.73 Å². The lowest BCUT2D eigenvalue weighted by Crippen LogP contribution is -2.12. The van der Waals surface area contributed by atoms with E-state index in [0.29, 0.717) is 5.84 Å². The number of nitrogens with zero attached hydrogens (tertiary/aromatic N) is 1. The summed E-state index contributed by atoms with van der Waals surface area (Å²) >= 11 is 0. The fourth-order valence-corrected chi connectivity index (χ4v) is 1.57. The highest BCUT2D eigenvalue weighted by Gasteiger charge is 2.01. The van der Waals surface area contributed by atoms with Crippen LogP contribution in [0.3, 0.4) is 0 Å². The van der Waals surface area contributed by atoms with Gasteiger partial charge in [-0.05, 0) is 31.2 Å². The highest BCUT2D eigenvalue weighted by molar-refractivity contribution is 6.00. The molecule has 2 aromatic rings. The average molecular weight is 187 g/mol. The Kier molecular flexibility index (Phi) is 2.00. The van der Waals surface area contributed by atoms with Crippen LogP contribution in [0, 0.1) is 6.92 Å². The summed E-state index contributed by atoms with van der Waals surface area (Å²) in [7, 11) is 1.70. The van der Waals surface area contributed by atoms with Crippen LogP contribution in [0.5, 0.6) is 0 Å². The van der Waals surface area contributed by atoms with Crippen molar-refractivity contribution in [1.82, 2.24) is 4.98 Å². The summed E-state index contributed by atoms with van der Waals surface area (Å²) in [5.41, 5.74) is 8.99. The van der Waals surface area contributed by atoms with Gasteiger partial charge in [0.15, 0.2) is 0 Å². The molecular formula is C11H13N3. The van der Waals surface area contributed by atoms with E-state index in [2.05, 4.69) is 16.0 Å². The number of rotatable bonds is 1. The predicted molar refractivity (Wildman–Crippen MR) is 59.7 cm³/mol. The van der Waals surface area contributed by atoms with Crippen LogP contribution in [0.4, 0.5) is 0 Å². The number of H-pyrrole nitrogens is 1. The third kappa shape index (κ3) is 1.37. The molecule has 0 radical (unpaired) electrons. The first kappa shape index (κ1) is 8.81. The number of aromatic nitrogens is 1. The summed E-state index contributed by atoms with van der Waals surface area (Å²) in [5.74, 6) is 0.575. The Morgan fingerprint density at radius 1 is 1.36 bits per heavy atom. The zero-order valence-electron chi connectivity index (χ0n) is 8.33. The van der Waals surface area contributed by atoms with E-state index in [9.17, 15) is 0 Å². The summed E-state index contributed by atoms with van der Waals surface area (Å²) in [5, 5.41) is 1.17. The number of aromatic amines is 1. The van der Waals surface area contributed by atoms with Gasteiger partial charge in [0.25, 0.3) is 0 Å². The van der Waals surface area contributed by atoms with Crippen molar-refractivity contribution in [3.8, 4) is 0 Å². The molecule has 1 aromatic carbocycles. The van der Waals surface area contributed by atoms with Crippen LogP contribution >= 0.6 is 0 Å². The summed E-state index contributed by atoms with van der Waals surface area (Å²) in [6.07, 6.45) is 0. The van der Waals surface area contributed by atoms with Crippen molar-refractivity contribution in [2.24, 2.45) is 10.7 Å². The molecule has 3 nitrogen and oxygen atoms in total. The standard InChI is InChI=1S/C11H13N3/c1-7-5-9-6-8(11(12)13-2)3-4-10(9)14-7/h3-6,14H,1-2H3,(H2,12,13). The first-order chi connectivity index (χ1) is 6.70. The molecule has 0 aliphatic carbocycles. The zero-order valence-corrected chi connectivity index (χ0v) is 8.33. The Labute approximate surface area is 82.7 Å². The Balaban J connectivity index is 2.61. The maximum absolute atomic E-state index is 5.73. The van der Waals surface area contributed by atoms with Crippen molar-refractivity contribution >= 4 is 16.7 Å². The number of aryl methyl sites for hydroxylation is 1. The van der Waals surface area contributed by atoms with Gasteiger partial charge in [0.05, 0.1) is 0 Å². The first-order valence-corrected chi connectivity index (χ1v) is 4.52. The summed E-state index contributed by atoms with van der Waals surface area (Å²) in [4.78, 5) is 7.22.